The van der Waals surface area contributed by atoms with E-state index in [1.54, 1.807) is 12.1 Å². The number of nitrogens with one attached hydrogen (secondary N) is 1. The Morgan fingerprint density at radius 3 is 2.65 bits per heavy atom. The Morgan fingerprint density at radius 1 is 1.06 bits per heavy atom. The quantitative estimate of drug-likeness (QED) is 0.382. The molecule has 0 radical (unpaired) electrons. The van der Waals surface area contributed by atoms with E-state index in [0.29, 0.717) is 28.1 Å². The minimum atomic E-state index is -1.71. The van der Waals surface area contributed by atoms with E-state index in [-0.39, 0.29) is 5.01 Å². The van der Waals surface area contributed by atoms with Crippen LogP contribution in [0.3, 0.4) is 0 Å². The number of fused-ring (bicyclic) bond motifs is 4. The van der Waals surface area contributed by atoms with Crippen molar-refractivity contribution in [2.24, 2.45) is 0 Å². The molecule has 3 N–H and O–H groups in total. The summed E-state index contributed by atoms with van der Waals surface area (Å²) in [6.45, 7) is 0. The first-order valence-corrected chi connectivity index (χ1v) is 10.4. The molecule has 2 aromatic heterocycles. The van der Waals surface area contributed by atoms with Gasteiger partial charge in [-0.25, -0.2) is 4.98 Å². The summed E-state index contributed by atoms with van der Waals surface area (Å²) in [7, 11) is 1.49. The Bertz CT molecular complexity index is 1390. The largest absolute Gasteiger partial charge is 0.495 e. The fourth-order valence-electron chi connectivity index (χ4n) is 3.52. The highest BCUT2D eigenvalue weighted by atomic mass is 32.1. The summed E-state index contributed by atoms with van der Waals surface area (Å²) in [6.07, 6.45) is -3.17. The minimum Gasteiger partial charge on any atom is -0.495 e. The number of ether oxygens (including phenoxy) is 1. The van der Waals surface area contributed by atoms with E-state index in [0.717, 1.165) is 15.5 Å². The molecule has 0 fully saturated rings. The summed E-state index contributed by atoms with van der Waals surface area (Å²) in [5.74, 6) is -0.366. The lowest BCUT2D eigenvalue weighted by atomic mass is 10.1. The second-order valence-electron chi connectivity index (χ2n) is 7.05. The molecule has 0 aliphatic heterocycles. The molecule has 2 atom stereocenters. The first kappa shape index (κ1) is 19.5. The van der Waals surface area contributed by atoms with Crippen LogP contribution in [0.25, 0.3) is 32.2 Å². The van der Waals surface area contributed by atoms with Crippen LogP contribution in [0.15, 0.2) is 65.1 Å². The van der Waals surface area contributed by atoms with Gasteiger partial charge in [0.05, 0.1) is 23.0 Å². The Labute approximate surface area is 180 Å². The van der Waals surface area contributed by atoms with Gasteiger partial charge >= 0.3 is 0 Å². The summed E-state index contributed by atoms with van der Waals surface area (Å²) in [6, 6.07) is 18.4. The van der Waals surface area contributed by atoms with Crippen molar-refractivity contribution in [3.63, 3.8) is 0 Å². The number of furan rings is 1. The van der Waals surface area contributed by atoms with Crippen LogP contribution in [0.5, 0.6) is 5.75 Å². The van der Waals surface area contributed by atoms with E-state index < -0.39 is 18.1 Å². The minimum absolute atomic E-state index is 0.267. The predicted octanol–water partition coefficient (Wildman–Crippen LogP) is 4.24. The zero-order valence-electron chi connectivity index (χ0n) is 16.4. The van der Waals surface area contributed by atoms with Crippen molar-refractivity contribution in [3.8, 4) is 5.75 Å². The lowest BCUT2D eigenvalue weighted by Crippen LogP contribution is -2.33. The molecular weight excluding hydrogens is 416 g/mol. The van der Waals surface area contributed by atoms with Crippen LogP contribution in [0.2, 0.25) is 0 Å². The molecule has 2 unspecified atom stereocenters. The van der Waals surface area contributed by atoms with Crippen molar-refractivity contribution in [2.75, 3.05) is 12.4 Å². The fourth-order valence-corrected chi connectivity index (χ4v) is 4.50. The molecule has 0 saturated carbocycles. The molecule has 1 amide bonds. The average Bonchev–Trinajstić information content (AvgIpc) is 3.38. The van der Waals surface area contributed by atoms with Gasteiger partial charge in [0.15, 0.2) is 6.10 Å². The molecular formula is C23H18N2O5S. The van der Waals surface area contributed by atoms with Gasteiger partial charge < -0.3 is 24.7 Å². The Hall–Kier alpha value is -3.46. The third kappa shape index (κ3) is 3.40. The maximum absolute atomic E-state index is 12.7. The van der Waals surface area contributed by atoms with Crippen molar-refractivity contribution in [1.29, 1.82) is 0 Å². The highest BCUT2D eigenvalue weighted by Crippen LogP contribution is 2.36. The predicted molar refractivity (Wildman–Crippen MR) is 119 cm³/mol. The van der Waals surface area contributed by atoms with Gasteiger partial charge in [-0.2, -0.15) is 0 Å². The fraction of sp³-hybridized carbons (Fsp3) is 0.130. The van der Waals surface area contributed by atoms with Crippen molar-refractivity contribution in [1.82, 2.24) is 4.98 Å². The van der Waals surface area contributed by atoms with Crippen LogP contribution in [0, 0.1) is 0 Å². The van der Waals surface area contributed by atoms with Gasteiger partial charge in [0.25, 0.3) is 5.91 Å². The van der Waals surface area contributed by atoms with Crippen molar-refractivity contribution in [2.45, 2.75) is 12.2 Å². The molecule has 7 nitrogen and oxygen atoms in total. The highest BCUT2D eigenvalue weighted by molar-refractivity contribution is 7.18. The Morgan fingerprint density at radius 2 is 1.84 bits per heavy atom. The van der Waals surface area contributed by atoms with Gasteiger partial charge in [-0.15, -0.1) is 11.3 Å². The molecule has 31 heavy (non-hydrogen) atoms. The standard InChI is InChI=1S/C23H18N2O5S/c1-29-18-10-13-12-6-2-4-8-16(12)30-17(13)11-15(18)24-22(28)20(26)21(27)23-25-14-7-3-5-9-19(14)31-23/h2-11,20-21,26-27H,1H3,(H,24,28). The van der Waals surface area contributed by atoms with Crippen LogP contribution >= 0.6 is 11.3 Å². The third-order valence-corrected chi connectivity index (χ3v) is 6.19. The number of anilines is 1. The van der Waals surface area contributed by atoms with E-state index in [9.17, 15) is 15.0 Å². The van der Waals surface area contributed by atoms with Gasteiger partial charge in [-0.3, -0.25) is 4.79 Å². The molecule has 0 saturated heterocycles. The smallest absolute Gasteiger partial charge is 0.256 e. The lowest BCUT2D eigenvalue weighted by Gasteiger charge is -2.17. The van der Waals surface area contributed by atoms with E-state index in [1.165, 1.54) is 18.4 Å². The van der Waals surface area contributed by atoms with Gasteiger partial charge in [0, 0.05) is 16.8 Å². The van der Waals surface area contributed by atoms with Gasteiger partial charge in [0.2, 0.25) is 0 Å². The monoisotopic (exact) mass is 434 g/mol. The molecule has 8 heteroatoms. The van der Waals surface area contributed by atoms with Gasteiger partial charge in [-0.1, -0.05) is 30.3 Å². The molecule has 5 rings (SSSR count). The number of rotatable bonds is 5. The SMILES string of the molecule is COc1cc2c(cc1NC(=O)C(O)C(O)c1nc3ccccc3s1)oc1ccccc12. The number of para-hydroxylation sites is 2. The van der Waals surface area contributed by atoms with Gasteiger partial charge in [-0.05, 0) is 24.3 Å². The van der Waals surface area contributed by atoms with Gasteiger partial charge in [0.1, 0.15) is 28.0 Å². The van der Waals surface area contributed by atoms with Crippen molar-refractivity contribution < 1.29 is 24.2 Å². The molecule has 3 aromatic carbocycles. The highest BCUT2D eigenvalue weighted by Gasteiger charge is 2.29. The average molecular weight is 434 g/mol. The number of methoxy groups -OCH3 is 1. The number of aromatic nitrogens is 1. The number of amides is 1. The number of benzene rings is 3. The number of carbonyl (C=O) groups excluding carboxylic acids is 1. The summed E-state index contributed by atoms with van der Waals surface area (Å²) < 4.78 is 12.1. The van der Waals surface area contributed by atoms with Crippen LogP contribution in [0.1, 0.15) is 11.1 Å². The van der Waals surface area contributed by atoms with E-state index in [1.807, 2.05) is 48.5 Å². The zero-order valence-corrected chi connectivity index (χ0v) is 17.2. The van der Waals surface area contributed by atoms with E-state index in [4.69, 9.17) is 9.15 Å². The molecule has 0 aliphatic carbocycles. The number of carbonyl (C=O) groups is 1. The Kier molecular flexibility index (Phi) is 4.82. The topological polar surface area (TPSA) is 105 Å². The second kappa shape index (κ2) is 7.66. The van der Waals surface area contributed by atoms with Crippen molar-refractivity contribution >= 4 is 55.1 Å². The number of nitrogens with zero attached hydrogens (tertiary/aromatic N) is 1. The maximum atomic E-state index is 12.7. The summed E-state index contributed by atoms with van der Waals surface area (Å²) >= 11 is 1.23. The molecule has 5 aromatic rings. The van der Waals surface area contributed by atoms with Crippen LogP contribution in [-0.2, 0) is 4.79 Å². The first-order chi connectivity index (χ1) is 15.0. The molecule has 156 valence electrons. The molecule has 0 spiro atoms. The van der Waals surface area contributed by atoms with Crippen LogP contribution in [0.4, 0.5) is 5.69 Å². The van der Waals surface area contributed by atoms with Crippen molar-refractivity contribution in [3.05, 3.63) is 65.7 Å². The lowest BCUT2D eigenvalue weighted by molar-refractivity contribution is -0.129. The number of aliphatic hydroxyl groups excluding tert-OH is 2. The normalized spacial score (nSPS) is 13.5. The Balaban J connectivity index is 1.43. The van der Waals surface area contributed by atoms with Crippen LogP contribution < -0.4 is 10.1 Å². The summed E-state index contributed by atoms with van der Waals surface area (Å²) in [5.41, 5.74) is 2.31. The number of aliphatic hydroxyl groups is 2. The molecule has 0 bridgehead atoms. The van der Waals surface area contributed by atoms with E-state index >= 15 is 0 Å². The number of hydrogen-bond acceptors (Lipinski definition) is 7. The van der Waals surface area contributed by atoms with Crippen LogP contribution in [-0.4, -0.2) is 34.3 Å². The zero-order chi connectivity index (χ0) is 21.5. The number of hydrogen-bond donors (Lipinski definition) is 3. The van der Waals surface area contributed by atoms with E-state index in [2.05, 4.69) is 10.3 Å². The third-order valence-electron chi connectivity index (χ3n) is 5.09. The number of thiazole rings is 1. The maximum Gasteiger partial charge on any atom is 0.256 e. The molecule has 2 heterocycles. The second-order valence-corrected chi connectivity index (χ2v) is 8.11. The summed E-state index contributed by atoms with van der Waals surface area (Å²) in [4.78, 5) is 17.0. The first-order valence-electron chi connectivity index (χ1n) is 9.57. The summed E-state index contributed by atoms with van der Waals surface area (Å²) in [5, 5.41) is 25.6. The molecule has 0 aliphatic rings.